The number of likely N-dealkylation sites (tertiary alicyclic amines) is 1. The highest BCUT2D eigenvalue weighted by Crippen LogP contribution is 2.16. The molecule has 5 heteroatoms. The Bertz CT molecular complexity index is 430. The average molecular weight is 306 g/mol. The summed E-state index contributed by atoms with van der Waals surface area (Å²) < 4.78 is 5.36. The number of nitrogens with zero attached hydrogens (tertiary/aromatic N) is 2. The maximum atomic E-state index is 5.36. The minimum absolute atomic E-state index is 0.607. The molecule has 1 fully saturated rings. The fourth-order valence-corrected chi connectivity index (χ4v) is 2.89. The Labute approximate surface area is 134 Å². The fourth-order valence-electron chi connectivity index (χ4n) is 2.89. The number of hydrogen-bond donors (Lipinski definition) is 2. The maximum absolute atomic E-state index is 5.36. The lowest BCUT2D eigenvalue weighted by Crippen LogP contribution is -2.40. The summed E-state index contributed by atoms with van der Waals surface area (Å²) >= 11 is 0. The lowest BCUT2D eigenvalue weighted by atomic mass is 10.2. The minimum atomic E-state index is 0.607. The third-order valence-corrected chi connectivity index (χ3v) is 4.15. The van der Waals surface area contributed by atoms with Crippen LogP contribution in [0.2, 0.25) is 0 Å². The molecule has 0 spiro atoms. The van der Waals surface area contributed by atoms with Crippen molar-refractivity contribution in [2.24, 2.45) is 4.99 Å². The summed E-state index contributed by atoms with van der Waals surface area (Å²) in [6.45, 7) is 9.43. The van der Waals surface area contributed by atoms with Crippen LogP contribution in [0, 0.1) is 0 Å². The van der Waals surface area contributed by atoms with E-state index in [0.717, 1.165) is 50.7 Å². The van der Waals surface area contributed by atoms with Gasteiger partial charge in [0.05, 0.1) is 12.8 Å². The van der Waals surface area contributed by atoms with E-state index in [4.69, 9.17) is 9.41 Å². The van der Waals surface area contributed by atoms with Crippen molar-refractivity contribution in [2.75, 3.05) is 32.7 Å². The molecule has 124 valence electrons. The van der Waals surface area contributed by atoms with E-state index in [9.17, 15) is 0 Å². The first-order valence-electron chi connectivity index (χ1n) is 8.62. The number of furan rings is 1. The Kier molecular flexibility index (Phi) is 7.30. The summed E-state index contributed by atoms with van der Waals surface area (Å²) in [6, 6.07) is 4.55. The van der Waals surface area contributed by atoms with Gasteiger partial charge in [-0.3, -0.25) is 9.89 Å². The molecule has 0 aliphatic carbocycles. The van der Waals surface area contributed by atoms with E-state index in [1.54, 1.807) is 6.26 Å². The largest absolute Gasteiger partial charge is 0.469 e. The number of guanidine groups is 1. The van der Waals surface area contributed by atoms with Crippen LogP contribution in [-0.2, 0) is 6.42 Å². The van der Waals surface area contributed by atoms with Crippen LogP contribution in [0.3, 0.4) is 0 Å². The molecule has 1 atom stereocenters. The first kappa shape index (κ1) is 16.9. The van der Waals surface area contributed by atoms with Gasteiger partial charge >= 0.3 is 0 Å². The predicted molar refractivity (Wildman–Crippen MR) is 91.3 cm³/mol. The monoisotopic (exact) mass is 306 g/mol. The average Bonchev–Trinajstić information content (AvgIpc) is 3.20. The smallest absolute Gasteiger partial charge is 0.191 e. The molecular weight excluding hydrogens is 276 g/mol. The zero-order valence-corrected chi connectivity index (χ0v) is 14.0. The van der Waals surface area contributed by atoms with Crippen molar-refractivity contribution in [3.8, 4) is 0 Å². The van der Waals surface area contributed by atoms with E-state index >= 15 is 0 Å². The van der Waals surface area contributed by atoms with E-state index in [0.29, 0.717) is 6.04 Å². The van der Waals surface area contributed by atoms with E-state index in [-0.39, 0.29) is 0 Å². The third-order valence-electron chi connectivity index (χ3n) is 4.15. The van der Waals surface area contributed by atoms with Crippen molar-refractivity contribution in [3.05, 3.63) is 24.2 Å². The van der Waals surface area contributed by atoms with E-state index in [2.05, 4.69) is 29.4 Å². The molecule has 0 bridgehead atoms. The molecule has 0 amide bonds. The molecule has 2 rings (SSSR count). The Balaban J connectivity index is 1.80. The highest BCUT2D eigenvalue weighted by Gasteiger charge is 2.22. The van der Waals surface area contributed by atoms with E-state index in [1.807, 2.05) is 12.1 Å². The second kappa shape index (κ2) is 9.51. The zero-order chi connectivity index (χ0) is 15.6. The summed E-state index contributed by atoms with van der Waals surface area (Å²) in [5.74, 6) is 1.94. The lowest BCUT2D eigenvalue weighted by Gasteiger charge is -2.21. The van der Waals surface area contributed by atoms with Gasteiger partial charge in [0.25, 0.3) is 0 Å². The Morgan fingerprint density at radius 1 is 1.36 bits per heavy atom. The highest BCUT2D eigenvalue weighted by molar-refractivity contribution is 5.79. The van der Waals surface area contributed by atoms with E-state index in [1.165, 1.54) is 19.4 Å². The van der Waals surface area contributed by atoms with Gasteiger partial charge in [-0.1, -0.05) is 13.8 Å². The molecule has 1 saturated heterocycles. The molecule has 1 aliphatic heterocycles. The first-order valence-corrected chi connectivity index (χ1v) is 8.62. The summed E-state index contributed by atoms with van der Waals surface area (Å²) in [5, 5.41) is 6.81. The zero-order valence-electron chi connectivity index (χ0n) is 14.0. The third kappa shape index (κ3) is 5.37. The number of nitrogens with one attached hydrogen (secondary N) is 2. The van der Waals surface area contributed by atoms with Crippen LogP contribution in [0.25, 0.3) is 0 Å². The number of aliphatic imine (C=N–C) groups is 1. The Morgan fingerprint density at radius 3 is 2.95 bits per heavy atom. The van der Waals surface area contributed by atoms with Crippen LogP contribution in [0.15, 0.2) is 27.8 Å². The molecule has 2 heterocycles. The molecule has 0 aromatic carbocycles. The lowest BCUT2D eigenvalue weighted by molar-refractivity contribution is 0.273. The van der Waals surface area contributed by atoms with Gasteiger partial charge in [0, 0.05) is 25.6 Å². The fraction of sp³-hybridized carbons (Fsp3) is 0.706. The van der Waals surface area contributed by atoms with Gasteiger partial charge in [-0.25, -0.2) is 0 Å². The molecule has 22 heavy (non-hydrogen) atoms. The topological polar surface area (TPSA) is 52.8 Å². The summed E-state index contributed by atoms with van der Waals surface area (Å²) in [5.41, 5.74) is 0. The van der Waals surface area contributed by atoms with Crippen molar-refractivity contribution in [3.63, 3.8) is 0 Å². The Morgan fingerprint density at radius 2 is 2.23 bits per heavy atom. The van der Waals surface area contributed by atoms with Crippen LogP contribution in [0.5, 0.6) is 0 Å². The van der Waals surface area contributed by atoms with Crippen molar-refractivity contribution in [2.45, 2.75) is 45.6 Å². The van der Waals surface area contributed by atoms with Gasteiger partial charge in [0.1, 0.15) is 5.76 Å². The molecule has 1 aliphatic rings. The normalized spacial score (nSPS) is 19.5. The molecule has 1 aromatic rings. The van der Waals surface area contributed by atoms with Gasteiger partial charge in [0.15, 0.2) is 5.96 Å². The van der Waals surface area contributed by atoms with Gasteiger partial charge < -0.3 is 15.1 Å². The van der Waals surface area contributed by atoms with Crippen LogP contribution in [-0.4, -0.2) is 49.6 Å². The second-order valence-electron chi connectivity index (χ2n) is 5.80. The molecule has 2 N–H and O–H groups in total. The molecule has 5 nitrogen and oxygen atoms in total. The maximum Gasteiger partial charge on any atom is 0.191 e. The van der Waals surface area contributed by atoms with Crippen molar-refractivity contribution in [1.82, 2.24) is 15.5 Å². The highest BCUT2D eigenvalue weighted by atomic mass is 16.3. The van der Waals surface area contributed by atoms with Crippen molar-refractivity contribution >= 4 is 5.96 Å². The summed E-state index contributed by atoms with van der Waals surface area (Å²) in [6.07, 6.45) is 6.27. The van der Waals surface area contributed by atoms with Crippen LogP contribution < -0.4 is 10.6 Å². The van der Waals surface area contributed by atoms with Crippen LogP contribution >= 0.6 is 0 Å². The quantitative estimate of drug-likeness (QED) is 0.571. The van der Waals surface area contributed by atoms with Gasteiger partial charge in [-0.15, -0.1) is 0 Å². The standard InChI is InChI=1S/C17H30N4O/c1-3-10-18-17(19-11-9-16-8-6-13-22-16)20-14-15-7-5-12-21(15)4-2/h6,8,13,15H,3-5,7,9-12,14H2,1-2H3,(H2,18,19,20). The summed E-state index contributed by atoms with van der Waals surface area (Å²) in [4.78, 5) is 7.31. The second-order valence-corrected chi connectivity index (χ2v) is 5.80. The Hall–Kier alpha value is -1.49. The molecule has 0 saturated carbocycles. The van der Waals surface area contributed by atoms with Gasteiger partial charge in [-0.2, -0.15) is 0 Å². The van der Waals surface area contributed by atoms with Gasteiger partial charge in [-0.05, 0) is 44.5 Å². The number of hydrogen-bond acceptors (Lipinski definition) is 3. The van der Waals surface area contributed by atoms with Crippen molar-refractivity contribution in [1.29, 1.82) is 0 Å². The molecular formula is C17H30N4O. The minimum Gasteiger partial charge on any atom is -0.469 e. The molecule has 1 unspecified atom stereocenters. The SMILES string of the molecule is CCCNC(=NCC1CCCN1CC)NCCc1ccco1. The predicted octanol–water partition coefficient (Wildman–Crippen LogP) is 2.25. The molecule has 1 aromatic heterocycles. The van der Waals surface area contributed by atoms with E-state index < -0.39 is 0 Å². The van der Waals surface area contributed by atoms with Crippen molar-refractivity contribution < 1.29 is 4.42 Å². The number of likely N-dealkylation sites (N-methyl/N-ethyl adjacent to an activating group) is 1. The summed E-state index contributed by atoms with van der Waals surface area (Å²) in [7, 11) is 0. The first-order chi connectivity index (χ1) is 10.8. The molecule has 0 radical (unpaired) electrons. The van der Waals surface area contributed by atoms with Crippen LogP contribution in [0.1, 0.15) is 38.9 Å². The number of rotatable bonds is 8. The van der Waals surface area contributed by atoms with Gasteiger partial charge in [0.2, 0.25) is 0 Å². The van der Waals surface area contributed by atoms with Crippen LogP contribution in [0.4, 0.5) is 0 Å².